The maximum Gasteiger partial charge on any atom is 0.246 e. The fourth-order valence-corrected chi connectivity index (χ4v) is 5.74. The van der Waals surface area contributed by atoms with E-state index in [1.807, 2.05) is 26.0 Å². The standard InChI is InChI=1S/C24H25NO3/c1-13-20-5-4-8-25(20)12-19-18-11-22-21(27-24(2,3)28-22)10-17(18)16-9-14(26)6-7-15(16)23(13)19/h6-7,9-11,13,20,26H,4-5,8,12H2,1-3H3/t13-,20+/m1/s1. The van der Waals surface area contributed by atoms with Gasteiger partial charge >= 0.3 is 0 Å². The molecule has 1 fully saturated rings. The van der Waals surface area contributed by atoms with Gasteiger partial charge < -0.3 is 14.6 Å². The van der Waals surface area contributed by atoms with Gasteiger partial charge in [0.2, 0.25) is 5.79 Å². The monoisotopic (exact) mass is 375 g/mol. The first-order chi connectivity index (χ1) is 13.4. The van der Waals surface area contributed by atoms with E-state index in [1.54, 1.807) is 0 Å². The SMILES string of the molecule is C[C@H]1c2c(c3cc4c(cc3c3cc(O)ccc23)OC(C)(C)O4)CN2CCC[C@@H]12. The highest BCUT2D eigenvalue weighted by Gasteiger charge is 2.38. The molecule has 0 radical (unpaired) electrons. The van der Waals surface area contributed by atoms with Crippen molar-refractivity contribution in [2.75, 3.05) is 6.54 Å². The lowest BCUT2D eigenvalue weighted by Gasteiger charge is -2.38. The van der Waals surface area contributed by atoms with E-state index in [-0.39, 0.29) is 0 Å². The fourth-order valence-electron chi connectivity index (χ4n) is 5.74. The van der Waals surface area contributed by atoms with Crippen LogP contribution < -0.4 is 9.47 Å². The van der Waals surface area contributed by atoms with Crippen molar-refractivity contribution < 1.29 is 14.6 Å². The van der Waals surface area contributed by atoms with E-state index in [9.17, 15) is 5.11 Å². The summed E-state index contributed by atoms with van der Waals surface area (Å²) in [7, 11) is 0. The summed E-state index contributed by atoms with van der Waals surface area (Å²) in [5, 5.41) is 14.9. The van der Waals surface area contributed by atoms with Crippen molar-refractivity contribution >= 4 is 21.5 Å². The first-order valence-electron chi connectivity index (χ1n) is 10.3. The van der Waals surface area contributed by atoms with Gasteiger partial charge in [-0.2, -0.15) is 0 Å². The summed E-state index contributed by atoms with van der Waals surface area (Å²) in [6, 6.07) is 10.7. The maximum atomic E-state index is 10.2. The average molecular weight is 375 g/mol. The lowest BCUT2D eigenvalue weighted by molar-refractivity contribution is -0.0431. The van der Waals surface area contributed by atoms with E-state index in [1.165, 1.54) is 41.3 Å². The average Bonchev–Trinajstić information content (AvgIpc) is 3.22. The van der Waals surface area contributed by atoms with Crippen molar-refractivity contribution in [2.24, 2.45) is 0 Å². The lowest BCUT2D eigenvalue weighted by Crippen LogP contribution is -2.38. The first kappa shape index (κ1) is 16.5. The topological polar surface area (TPSA) is 41.9 Å². The molecule has 3 aromatic rings. The maximum absolute atomic E-state index is 10.2. The zero-order chi connectivity index (χ0) is 19.2. The Labute approximate surface area is 164 Å². The van der Waals surface area contributed by atoms with Crippen molar-refractivity contribution in [2.45, 2.75) is 57.9 Å². The Balaban J connectivity index is 1.72. The summed E-state index contributed by atoms with van der Waals surface area (Å²) in [5.41, 5.74) is 2.86. The van der Waals surface area contributed by atoms with Gasteiger partial charge in [0, 0.05) is 26.4 Å². The van der Waals surface area contributed by atoms with Crippen molar-refractivity contribution in [1.82, 2.24) is 4.90 Å². The second kappa shape index (κ2) is 5.32. The van der Waals surface area contributed by atoms with Crippen molar-refractivity contribution in [3.05, 3.63) is 41.5 Å². The number of nitrogens with zero attached hydrogens (tertiary/aromatic N) is 1. The lowest BCUT2D eigenvalue weighted by atomic mass is 9.79. The third-order valence-electron chi connectivity index (χ3n) is 6.84. The molecule has 0 aliphatic carbocycles. The number of ether oxygens (including phenoxy) is 2. The van der Waals surface area contributed by atoms with Gasteiger partial charge in [0.25, 0.3) is 0 Å². The van der Waals surface area contributed by atoms with Gasteiger partial charge in [0.05, 0.1) is 0 Å². The van der Waals surface area contributed by atoms with Gasteiger partial charge in [-0.15, -0.1) is 0 Å². The molecule has 3 aromatic carbocycles. The summed E-state index contributed by atoms with van der Waals surface area (Å²) in [6.45, 7) is 8.42. The fraction of sp³-hybridized carbons (Fsp3) is 0.417. The number of phenols is 1. The van der Waals surface area contributed by atoms with E-state index in [0.717, 1.165) is 28.8 Å². The molecule has 3 aliphatic heterocycles. The van der Waals surface area contributed by atoms with Gasteiger partial charge in [0.1, 0.15) is 5.75 Å². The van der Waals surface area contributed by atoms with Crippen LogP contribution in [0.25, 0.3) is 21.5 Å². The van der Waals surface area contributed by atoms with Crippen molar-refractivity contribution in [3.63, 3.8) is 0 Å². The molecule has 4 nitrogen and oxygen atoms in total. The smallest absolute Gasteiger partial charge is 0.246 e. The number of hydrogen-bond donors (Lipinski definition) is 1. The van der Waals surface area contributed by atoms with Crippen LogP contribution in [0, 0.1) is 0 Å². The molecule has 0 unspecified atom stereocenters. The zero-order valence-corrected chi connectivity index (χ0v) is 16.6. The summed E-state index contributed by atoms with van der Waals surface area (Å²) < 4.78 is 12.1. The van der Waals surface area contributed by atoms with Crippen LogP contribution in [0.2, 0.25) is 0 Å². The van der Waals surface area contributed by atoms with E-state index in [2.05, 4.69) is 30.0 Å². The number of fused-ring (bicyclic) bond motifs is 8. The Morgan fingerprint density at radius 2 is 1.71 bits per heavy atom. The van der Waals surface area contributed by atoms with Crippen LogP contribution in [0.4, 0.5) is 0 Å². The first-order valence-corrected chi connectivity index (χ1v) is 10.3. The summed E-state index contributed by atoms with van der Waals surface area (Å²) >= 11 is 0. The third kappa shape index (κ3) is 2.15. The molecule has 4 heteroatoms. The molecule has 3 aliphatic rings. The molecule has 0 aromatic heterocycles. The van der Waals surface area contributed by atoms with Gasteiger partial charge in [-0.25, -0.2) is 0 Å². The molecule has 1 N–H and O–H groups in total. The van der Waals surface area contributed by atoms with Crippen molar-refractivity contribution in [3.8, 4) is 17.2 Å². The number of rotatable bonds is 0. The molecule has 2 atom stereocenters. The summed E-state index contributed by atoms with van der Waals surface area (Å²) in [6.07, 6.45) is 2.55. The Kier molecular flexibility index (Phi) is 3.14. The minimum Gasteiger partial charge on any atom is -0.508 e. The highest BCUT2D eigenvalue weighted by atomic mass is 16.7. The second-order valence-corrected chi connectivity index (χ2v) is 9.04. The number of aromatic hydroxyl groups is 1. The van der Waals surface area contributed by atoms with E-state index >= 15 is 0 Å². The minimum absolute atomic E-state index is 0.303. The molecule has 0 amide bonds. The normalized spacial score (nSPS) is 25.2. The molecule has 28 heavy (non-hydrogen) atoms. The molecule has 1 saturated heterocycles. The number of benzene rings is 3. The summed E-state index contributed by atoms with van der Waals surface area (Å²) in [5.74, 6) is 1.73. The largest absolute Gasteiger partial charge is 0.508 e. The van der Waals surface area contributed by atoms with E-state index in [0.29, 0.717) is 17.7 Å². The van der Waals surface area contributed by atoms with E-state index in [4.69, 9.17) is 9.47 Å². The highest BCUT2D eigenvalue weighted by Crippen LogP contribution is 2.49. The Bertz CT molecular complexity index is 1150. The van der Waals surface area contributed by atoms with Crippen LogP contribution in [-0.4, -0.2) is 28.4 Å². The molecule has 144 valence electrons. The molecular formula is C24H25NO3. The van der Waals surface area contributed by atoms with E-state index < -0.39 is 5.79 Å². The molecule has 6 rings (SSSR count). The van der Waals surface area contributed by atoms with Crippen LogP contribution in [0.3, 0.4) is 0 Å². The van der Waals surface area contributed by atoms with Gasteiger partial charge in [0.15, 0.2) is 11.5 Å². The van der Waals surface area contributed by atoms with Gasteiger partial charge in [-0.1, -0.05) is 13.0 Å². The van der Waals surface area contributed by atoms with Crippen LogP contribution in [0.1, 0.15) is 50.7 Å². The predicted octanol–water partition coefficient (Wildman–Crippen LogP) is 5.29. The Morgan fingerprint density at radius 1 is 1.00 bits per heavy atom. The molecular weight excluding hydrogens is 350 g/mol. The van der Waals surface area contributed by atoms with Crippen LogP contribution in [0.5, 0.6) is 17.2 Å². The minimum atomic E-state index is -0.648. The second-order valence-electron chi connectivity index (χ2n) is 9.04. The Hall–Kier alpha value is -2.46. The third-order valence-corrected chi connectivity index (χ3v) is 6.84. The van der Waals surface area contributed by atoms with Crippen LogP contribution in [0.15, 0.2) is 30.3 Å². The van der Waals surface area contributed by atoms with Crippen LogP contribution >= 0.6 is 0 Å². The van der Waals surface area contributed by atoms with Gasteiger partial charge in [-0.05, 0) is 82.2 Å². The number of phenolic OH excluding ortho intramolecular Hbond substituents is 1. The molecule has 0 spiro atoms. The summed E-state index contributed by atoms with van der Waals surface area (Å²) in [4.78, 5) is 2.65. The van der Waals surface area contributed by atoms with Gasteiger partial charge in [-0.3, -0.25) is 4.90 Å². The van der Waals surface area contributed by atoms with Crippen molar-refractivity contribution in [1.29, 1.82) is 0 Å². The molecule has 0 saturated carbocycles. The Morgan fingerprint density at radius 3 is 2.50 bits per heavy atom. The predicted molar refractivity (Wildman–Crippen MR) is 110 cm³/mol. The molecule has 0 bridgehead atoms. The number of hydrogen-bond acceptors (Lipinski definition) is 4. The highest BCUT2D eigenvalue weighted by molar-refractivity contribution is 6.12. The zero-order valence-electron chi connectivity index (χ0n) is 16.6. The van der Waals surface area contributed by atoms with Crippen LogP contribution in [-0.2, 0) is 6.54 Å². The quantitative estimate of drug-likeness (QED) is 0.542. The molecule has 3 heterocycles.